The van der Waals surface area contributed by atoms with Crippen LogP contribution in [0, 0.1) is 0 Å². The SMILES string of the molecule is CCN(CC(=O)NC(C)C)C1CNC(C)(C)C1. The highest BCUT2D eigenvalue weighted by Crippen LogP contribution is 2.21. The highest BCUT2D eigenvalue weighted by molar-refractivity contribution is 5.78. The van der Waals surface area contributed by atoms with Gasteiger partial charge in [-0.2, -0.15) is 0 Å². The molecule has 0 saturated carbocycles. The molecule has 1 fully saturated rings. The maximum atomic E-state index is 11.8. The van der Waals surface area contributed by atoms with Crippen LogP contribution in [0.1, 0.15) is 41.0 Å². The smallest absolute Gasteiger partial charge is 0.234 e. The van der Waals surface area contributed by atoms with Crippen molar-refractivity contribution in [2.24, 2.45) is 0 Å². The molecule has 2 N–H and O–H groups in total. The number of carbonyl (C=O) groups is 1. The van der Waals surface area contributed by atoms with Crippen LogP contribution in [0.3, 0.4) is 0 Å². The lowest BCUT2D eigenvalue weighted by Crippen LogP contribution is -2.45. The lowest BCUT2D eigenvalue weighted by Gasteiger charge is -2.27. The lowest BCUT2D eigenvalue weighted by atomic mass is 10.0. The lowest BCUT2D eigenvalue weighted by molar-refractivity contribution is -0.123. The summed E-state index contributed by atoms with van der Waals surface area (Å²) in [6.07, 6.45) is 1.11. The number of hydrogen-bond donors (Lipinski definition) is 2. The second-order valence-corrected chi connectivity index (χ2v) is 5.91. The minimum absolute atomic E-state index is 0.131. The minimum atomic E-state index is 0.131. The van der Waals surface area contributed by atoms with Crippen LogP contribution < -0.4 is 10.6 Å². The van der Waals surface area contributed by atoms with Crippen LogP contribution in [0.4, 0.5) is 0 Å². The van der Waals surface area contributed by atoms with Gasteiger partial charge in [-0.15, -0.1) is 0 Å². The van der Waals surface area contributed by atoms with E-state index in [1.165, 1.54) is 0 Å². The second kappa shape index (κ2) is 5.83. The quantitative estimate of drug-likeness (QED) is 0.754. The Morgan fingerprint density at radius 3 is 2.59 bits per heavy atom. The molecule has 0 radical (unpaired) electrons. The van der Waals surface area contributed by atoms with Gasteiger partial charge in [0, 0.05) is 24.2 Å². The number of nitrogens with one attached hydrogen (secondary N) is 2. The fourth-order valence-electron chi connectivity index (χ4n) is 2.44. The Kier molecular flexibility index (Phi) is 4.95. The topological polar surface area (TPSA) is 44.4 Å². The predicted molar refractivity (Wildman–Crippen MR) is 71.0 cm³/mol. The van der Waals surface area contributed by atoms with E-state index in [1.54, 1.807) is 0 Å². The number of carbonyl (C=O) groups excluding carboxylic acids is 1. The highest BCUT2D eigenvalue weighted by Gasteiger charge is 2.33. The van der Waals surface area contributed by atoms with E-state index in [9.17, 15) is 4.79 Å². The first kappa shape index (κ1) is 14.5. The molecule has 1 aliphatic heterocycles. The van der Waals surface area contributed by atoms with E-state index in [0.29, 0.717) is 12.6 Å². The van der Waals surface area contributed by atoms with E-state index >= 15 is 0 Å². The maximum Gasteiger partial charge on any atom is 0.234 e. The monoisotopic (exact) mass is 241 g/mol. The third kappa shape index (κ3) is 4.64. The molecule has 4 heteroatoms. The van der Waals surface area contributed by atoms with E-state index in [4.69, 9.17) is 0 Å². The summed E-state index contributed by atoms with van der Waals surface area (Å²) in [5, 5.41) is 6.45. The first-order chi connectivity index (χ1) is 7.84. The van der Waals surface area contributed by atoms with Crippen LogP contribution in [0.25, 0.3) is 0 Å². The predicted octanol–water partition coefficient (Wildman–Crippen LogP) is 0.973. The summed E-state index contributed by atoms with van der Waals surface area (Å²) in [5.41, 5.74) is 0.201. The van der Waals surface area contributed by atoms with Crippen LogP contribution in [-0.4, -0.2) is 48.1 Å². The van der Waals surface area contributed by atoms with Crippen molar-refractivity contribution in [2.75, 3.05) is 19.6 Å². The Morgan fingerprint density at radius 1 is 1.53 bits per heavy atom. The molecule has 1 atom stereocenters. The van der Waals surface area contributed by atoms with Crippen molar-refractivity contribution in [1.29, 1.82) is 0 Å². The van der Waals surface area contributed by atoms with E-state index in [2.05, 4.69) is 36.3 Å². The van der Waals surface area contributed by atoms with Gasteiger partial charge in [-0.25, -0.2) is 0 Å². The first-order valence-corrected chi connectivity index (χ1v) is 6.62. The summed E-state index contributed by atoms with van der Waals surface area (Å²) in [6, 6.07) is 0.701. The van der Waals surface area contributed by atoms with Crippen LogP contribution in [0.15, 0.2) is 0 Å². The zero-order valence-electron chi connectivity index (χ0n) is 11.8. The summed E-state index contributed by atoms with van der Waals surface area (Å²) in [6.45, 7) is 13.0. The van der Waals surface area contributed by atoms with Crippen molar-refractivity contribution in [3.05, 3.63) is 0 Å². The normalized spacial score (nSPS) is 23.4. The fraction of sp³-hybridized carbons (Fsp3) is 0.923. The molecule has 0 aromatic rings. The van der Waals surface area contributed by atoms with Gasteiger partial charge in [0.15, 0.2) is 0 Å². The molecule has 17 heavy (non-hydrogen) atoms. The summed E-state index contributed by atoms with van der Waals surface area (Å²) in [4.78, 5) is 14.0. The molecule has 0 aromatic heterocycles. The van der Waals surface area contributed by atoms with Crippen LogP contribution in [0.5, 0.6) is 0 Å². The molecule has 1 unspecified atom stereocenters. The fourth-order valence-corrected chi connectivity index (χ4v) is 2.44. The van der Waals surface area contributed by atoms with Gasteiger partial charge in [0.05, 0.1) is 6.54 Å². The van der Waals surface area contributed by atoms with Gasteiger partial charge >= 0.3 is 0 Å². The van der Waals surface area contributed by atoms with Crippen molar-refractivity contribution in [3.8, 4) is 0 Å². The minimum Gasteiger partial charge on any atom is -0.353 e. The Hall–Kier alpha value is -0.610. The van der Waals surface area contributed by atoms with Crippen molar-refractivity contribution in [2.45, 2.75) is 58.7 Å². The van der Waals surface area contributed by atoms with Gasteiger partial charge in [-0.3, -0.25) is 9.69 Å². The van der Waals surface area contributed by atoms with Crippen LogP contribution in [0.2, 0.25) is 0 Å². The van der Waals surface area contributed by atoms with Gasteiger partial charge < -0.3 is 10.6 Å². The van der Waals surface area contributed by atoms with Gasteiger partial charge in [0.25, 0.3) is 0 Å². The molecule has 0 aromatic carbocycles. The third-order valence-electron chi connectivity index (χ3n) is 3.28. The number of nitrogens with zero attached hydrogens (tertiary/aromatic N) is 1. The van der Waals surface area contributed by atoms with Crippen molar-refractivity contribution >= 4 is 5.91 Å². The third-order valence-corrected chi connectivity index (χ3v) is 3.28. The van der Waals surface area contributed by atoms with E-state index in [1.807, 2.05) is 13.8 Å². The Bertz CT molecular complexity index is 263. The van der Waals surface area contributed by atoms with Crippen LogP contribution in [-0.2, 0) is 4.79 Å². The first-order valence-electron chi connectivity index (χ1n) is 6.62. The number of amides is 1. The van der Waals surface area contributed by atoms with E-state index in [0.717, 1.165) is 19.5 Å². The van der Waals surface area contributed by atoms with E-state index in [-0.39, 0.29) is 17.5 Å². The van der Waals surface area contributed by atoms with Crippen molar-refractivity contribution < 1.29 is 4.79 Å². The van der Waals surface area contributed by atoms with E-state index < -0.39 is 0 Å². The second-order valence-electron chi connectivity index (χ2n) is 5.91. The number of rotatable bonds is 5. The summed E-state index contributed by atoms with van der Waals surface area (Å²) in [7, 11) is 0. The zero-order chi connectivity index (χ0) is 13.1. The molecule has 1 amide bonds. The molecule has 1 saturated heterocycles. The van der Waals surface area contributed by atoms with Gasteiger partial charge in [0.2, 0.25) is 5.91 Å². The molecular formula is C13H27N3O. The molecule has 1 heterocycles. The van der Waals surface area contributed by atoms with Gasteiger partial charge in [-0.1, -0.05) is 6.92 Å². The molecule has 100 valence electrons. The summed E-state index contributed by atoms with van der Waals surface area (Å²) in [5.74, 6) is 0.131. The Balaban J connectivity index is 2.46. The van der Waals surface area contributed by atoms with Gasteiger partial charge in [0.1, 0.15) is 0 Å². The molecule has 0 spiro atoms. The molecule has 1 rings (SSSR count). The highest BCUT2D eigenvalue weighted by atomic mass is 16.2. The Morgan fingerprint density at radius 2 is 2.18 bits per heavy atom. The molecular weight excluding hydrogens is 214 g/mol. The summed E-state index contributed by atoms with van der Waals surface area (Å²) < 4.78 is 0. The van der Waals surface area contributed by atoms with Crippen molar-refractivity contribution in [3.63, 3.8) is 0 Å². The maximum absolute atomic E-state index is 11.8. The standard InChI is InChI=1S/C13H27N3O/c1-6-16(9-12(17)15-10(2)3)11-7-13(4,5)14-8-11/h10-11,14H,6-9H2,1-5H3,(H,15,17). The molecule has 0 aliphatic carbocycles. The number of likely N-dealkylation sites (N-methyl/N-ethyl adjacent to an activating group) is 1. The zero-order valence-corrected chi connectivity index (χ0v) is 11.8. The Labute approximate surface area is 105 Å². The molecule has 1 aliphatic rings. The largest absolute Gasteiger partial charge is 0.353 e. The summed E-state index contributed by atoms with van der Waals surface area (Å²) >= 11 is 0. The molecule has 4 nitrogen and oxygen atoms in total. The van der Waals surface area contributed by atoms with Crippen LogP contribution >= 0.6 is 0 Å². The number of hydrogen-bond acceptors (Lipinski definition) is 3. The van der Waals surface area contributed by atoms with Crippen molar-refractivity contribution in [1.82, 2.24) is 15.5 Å². The molecule has 0 bridgehead atoms. The average molecular weight is 241 g/mol. The average Bonchev–Trinajstić information content (AvgIpc) is 2.54. The van der Waals surface area contributed by atoms with Gasteiger partial charge in [-0.05, 0) is 40.7 Å².